The van der Waals surface area contributed by atoms with Crippen molar-refractivity contribution in [3.63, 3.8) is 0 Å². The average Bonchev–Trinajstić information content (AvgIpc) is 2.65. The van der Waals surface area contributed by atoms with Crippen molar-refractivity contribution in [1.82, 2.24) is 15.1 Å². The van der Waals surface area contributed by atoms with Crippen molar-refractivity contribution < 1.29 is 9.18 Å². The molecule has 0 aliphatic carbocycles. The fourth-order valence-corrected chi connectivity index (χ4v) is 2.90. The third kappa shape index (κ3) is 4.64. The Bertz CT molecular complexity index is 1100. The van der Waals surface area contributed by atoms with Crippen LogP contribution in [0.25, 0.3) is 11.3 Å². The second-order valence-corrected chi connectivity index (χ2v) is 6.93. The molecule has 1 heterocycles. The Balaban J connectivity index is 1.73. The zero-order valence-electron chi connectivity index (χ0n) is 15.5. The highest BCUT2D eigenvalue weighted by atomic mass is 35.5. The molecule has 144 valence electrons. The Hall–Kier alpha value is -2.99. The summed E-state index contributed by atoms with van der Waals surface area (Å²) in [7, 11) is 0. The maximum Gasteiger partial charge on any atom is 0.267 e. The number of carbonyl (C=O) groups is 1. The van der Waals surface area contributed by atoms with Crippen LogP contribution in [0.4, 0.5) is 4.39 Å². The van der Waals surface area contributed by atoms with Crippen LogP contribution in [-0.2, 0) is 17.9 Å². The smallest absolute Gasteiger partial charge is 0.267 e. The topological polar surface area (TPSA) is 64.0 Å². The summed E-state index contributed by atoms with van der Waals surface area (Å²) < 4.78 is 14.2. The molecule has 0 aliphatic heterocycles. The molecule has 1 N–H and O–H groups in total. The van der Waals surface area contributed by atoms with Crippen LogP contribution in [-0.4, -0.2) is 15.7 Å². The Morgan fingerprint density at radius 1 is 1.11 bits per heavy atom. The summed E-state index contributed by atoms with van der Waals surface area (Å²) >= 11 is 5.95. The van der Waals surface area contributed by atoms with E-state index in [0.29, 0.717) is 11.3 Å². The first-order chi connectivity index (χ1) is 13.3. The van der Waals surface area contributed by atoms with E-state index >= 15 is 0 Å². The van der Waals surface area contributed by atoms with Gasteiger partial charge in [0.25, 0.3) is 5.56 Å². The number of aromatic nitrogens is 2. The van der Waals surface area contributed by atoms with E-state index in [0.717, 1.165) is 21.4 Å². The Labute approximate surface area is 166 Å². The summed E-state index contributed by atoms with van der Waals surface area (Å²) in [5, 5.41) is 7.20. The molecule has 0 fully saturated rings. The molecule has 0 bridgehead atoms. The molecule has 7 heteroatoms. The molecule has 0 saturated carbocycles. The zero-order valence-corrected chi connectivity index (χ0v) is 16.3. The first-order valence-corrected chi connectivity index (χ1v) is 9.08. The quantitative estimate of drug-likeness (QED) is 0.712. The summed E-state index contributed by atoms with van der Waals surface area (Å²) in [6.07, 6.45) is 0. The molecule has 5 nitrogen and oxygen atoms in total. The van der Waals surface area contributed by atoms with Crippen molar-refractivity contribution in [2.75, 3.05) is 0 Å². The van der Waals surface area contributed by atoms with Gasteiger partial charge in [-0.05, 0) is 54.8 Å². The van der Waals surface area contributed by atoms with Gasteiger partial charge in [-0.15, -0.1) is 0 Å². The molecule has 3 aromatic rings. The summed E-state index contributed by atoms with van der Waals surface area (Å²) in [6.45, 7) is 3.92. The SMILES string of the molecule is Cc1ccc(-c2ccc(=O)n(CC(=O)NCc3ccc(F)cc3Cl)n2)cc1C. The first kappa shape index (κ1) is 19.8. The van der Waals surface area contributed by atoms with Crippen molar-refractivity contribution in [2.45, 2.75) is 26.9 Å². The van der Waals surface area contributed by atoms with Gasteiger partial charge in [0, 0.05) is 23.2 Å². The number of benzene rings is 2. The van der Waals surface area contributed by atoms with Crippen LogP contribution in [0.1, 0.15) is 16.7 Å². The van der Waals surface area contributed by atoms with Gasteiger partial charge in [-0.1, -0.05) is 29.8 Å². The molecule has 1 amide bonds. The van der Waals surface area contributed by atoms with E-state index in [1.54, 1.807) is 6.07 Å². The summed E-state index contributed by atoms with van der Waals surface area (Å²) in [5.41, 5.74) is 3.97. The lowest BCUT2D eigenvalue weighted by molar-refractivity contribution is -0.122. The average molecular weight is 400 g/mol. The van der Waals surface area contributed by atoms with Gasteiger partial charge in [0.2, 0.25) is 5.91 Å². The number of rotatable bonds is 5. The number of carbonyl (C=O) groups excluding carboxylic acids is 1. The van der Waals surface area contributed by atoms with Crippen molar-refractivity contribution >= 4 is 17.5 Å². The lowest BCUT2D eigenvalue weighted by Gasteiger charge is -2.10. The number of halogens is 2. The minimum atomic E-state index is -0.445. The molecule has 1 aromatic heterocycles. The van der Waals surface area contributed by atoms with Crippen LogP contribution in [0, 0.1) is 19.7 Å². The van der Waals surface area contributed by atoms with E-state index in [2.05, 4.69) is 10.4 Å². The molecule has 0 saturated heterocycles. The third-order valence-electron chi connectivity index (χ3n) is 4.45. The van der Waals surface area contributed by atoms with Gasteiger partial charge in [-0.3, -0.25) is 9.59 Å². The predicted molar refractivity (Wildman–Crippen MR) is 107 cm³/mol. The van der Waals surface area contributed by atoms with Gasteiger partial charge in [-0.25, -0.2) is 9.07 Å². The van der Waals surface area contributed by atoms with Gasteiger partial charge in [0.15, 0.2) is 0 Å². The number of hydrogen-bond acceptors (Lipinski definition) is 3. The van der Waals surface area contributed by atoms with Crippen molar-refractivity contribution in [1.29, 1.82) is 0 Å². The largest absolute Gasteiger partial charge is 0.350 e. The Kier molecular flexibility index (Phi) is 5.90. The highest BCUT2D eigenvalue weighted by Crippen LogP contribution is 2.19. The lowest BCUT2D eigenvalue weighted by atomic mass is 10.0. The zero-order chi connectivity index (χ0) is 20.3. The fourth-order valence-electron chi connectivity index (χ4n) is 2.67. The predicted octanol–water partition coefficient (Wildman–Crippen LogP) is 3.64. The highest BCUT2D eigenvalue weighted by Gasteiger charge is 2.10. The van der Waals surface area contributed by atoms with Crippen LogP contribution in [0.3, 0.4) is 0 Å². The summed E-state index contributed by atoms with van der Waals surface area (Å²) in [5.74, 6) is -0.841. The van der Waals surface area contributed by atoms with Gasteiger partial charge in [-0.2, -0.15) is 5.10 Å². The van der Waals surface area contributed by atoms with Crippen molar-refractivity contribution in [3.05, 3.63) is 86.4 Å². The highest BCUT2D eigenvalue weighted by molar-refractivity contribution is 6.31. The number of hydrogen-bond donors (Lipinski definition) is 1. The maximum atomic E-state index is 13.1. The molecule has 2 aromatic carbocycles. The Morgan fingerprint density at radius 3 is 2.61 bits per heavy atom. The van der Waals surface area contributed by atoms with Gasteiger partial charge < -0.3 is 5.32 Å². The molecule has 28 heavy (non-hydrogen) atoms. The second kappa shape index (κ2) is 8.35. The summed E-state index contributed by atoms with van der Waals surface area (Å²) in [4.78, 5) is 24.3. The molecule has 0 unspecified atom stereocenters. The Morgan fingerprint density at radius 2 is 1.89 bits per heavy atom. The minimum absolute atomic E-state index is 0.129. The van der Waals surface area contributed by atoms with Gasteiger partial charge in [0.1, 0.15) is 12.4 Å². The number of aryl methyl sites for hydroxylation is 2. The molecule has 0 atom stereocenters. The molecule has 0 radical (unpaired) electrons. The van der Waals surface area contributed by atoms with Crippen LogP contribution >= 0.6 is 11.6 Å². The van der Waals surface area contributed by atoms with Gasteiger partial charge >= 0.3 is 0 Å². The van der Waals surface area contributed by atoms with E-state index in [4.69, 9.17) is 11.6 Å². The van der Waals surface area contributed by atoms with Crippen molar-refractivity contribution in [2.24, 2.45) is 0 Å². The molecular weight excluding hydrogens is 381 g/mol. The van der Waals surface area contributed by atoms with E-state index < -0.39 is 11.7 Å². The van der Waals surface area contributed by atoms with E-state index in [9.17, 15) is 14.0 Å². The molecule has 0 aliphatic rings. The van der Waals surface area contributed by atoms with Gasteiger partial charge in [0.05, 0.1) is 5.69 Å². The first-order valence-electron chi connectivity index (χ1n) is 8.70. The normalized spacial score (nSPS) is 10.7. The molecule has 3 rings (SSSR count). The standard InChI is InChI=1S/C21H19ClFN3O2/c1-13-3-4-15(9-14(13)2)19-7-8-21(28)26(25-19)12-20(27)24-11-16-5-6-17(23)10-18(16)22/h3-10H,11-12H2,1-2H3,(H,24,27). The fraction of sp³-hybridized carbons (Fsp3) is 0.190. The maximum absolute atomic E-state index is 13.1. The number of nitrogens with one attached hydrogen (secondary N) is 1. The van der Waals surface area contributed by atoms with Crippen LogP contribution < -0.4 is 10.9 Å². The second-order valence-electron chi connectivity index (χ2n) is 6.53. The number of nitrogens with zero attached hydrogens (tertiary/aromatic N) is 2. The summed E-state index contributed by atoms with van der Waals surface area (Å²) in [6, 6.07) is 12.9. The lowest BCUT2D eigenvalue weighted by Crippen LogP contribution is -2.33. The van der Waals surface area contributed by atoms with Crippen LogP contribution in [0.15, 0.2) is 53.3 Å². The minimum Gasteiger partial charge on any atom is -0.350 e. The van der Waals surface area contributed by atoms with Crippen molar-refractivity contribution in [3.8, 4) is 11.3 Å². The van der Waals surface area contributed by atoms with E-state index in [1.165, 1.54) is 24.3 Å². The molecular formula is C21H19ClFN3O2. The van der Waals surface area contributed by atoms with Crippen LogP contribution in [0.2, 0.25) is 5.02 Å². The third-order valence-corrected chi connectivity index (χ3v) is 4.81. The monoisotopic (exact) mass is 399 g/mol. The van der Waals surface area contributed by atoms with E-state index in [-0.39, 0.29) is 23.7 Å². The number of amides is 1. The molecule has 0 spiro atoms. The van der Waals surface area contributed by atoms with Crippen LogP contribution in [0.5, 0.6) is 0 Å². The van der Waals surface area contributed by atoms with E-state index in [1.807, 2.05) is 32.0 Å².